The van der Waals surface area contributed by atoms with Crippen molar-refractivity contribution in [2.24, 2.45) is 0 Å². The second-order valence-corrected chi connectivity index (χ2v) is 4.66. The zero-order valence-electron chi connectivity index (χ0n) is 10.3. The number of hydrogen-bond acceptors (Lipinski definition) is 2. The number of halogens is 3. The third kappa shape index (κ3) is 3.09. The van der Waals surface area contributed by atoms with Crippen LogP contribution in [0.25, 0.3) is 0 Å². The van der Waals surface area contributed by atoms with E-state index in [0.717, 1.165) is 17.9 Å². The van der Waals surface area contributed by atoms with Crippen LogP contribution < -0.4 is 10.2 Å². The van der Waals surface area contributed by atoms with Crippen LogP contribution in [-0.4, -0.2) is 25.3 Å². The van der Waals surface area contributed by atoms with Crippen molar-refractivity contribution in [2.45, 2.75) is 32.0 Å². The summed E-state index contributed by atoms with van der Waals surface area (Å²) in [4.78, 5) is 2.05. The van der Waals surface area contributed by atoms with Crippen LogP contribution in [-0.2, 0) is 0 Å². The van der Waals surface area contributed by atoms with Crippen molar-refractivity contribution in [3.05, 3.63) is 24.3 Å². The van der Waals surface area contributed by atoms with E-state index in [-0.39, 0.29) is 12.5 Å². The van der Waals surface area contributed by atoms with E-state index in [1.165, 1.54) is 0 Å². The van der Waals surface area contributed by atoms with E-state index in [1.54, 1.807) is 0 Å². The molecule has 1 heterocycles. The molecule has 0 spiro atoms. The quantitative estimate of drug-likeness (QED) is 0.890. The summed E-state index contributed by atoms with van der Waals surface area (Å²) in [5.41, 5.74) is 2.00. The number of fused-ring (bicyclic) bond motifs is 1. The molecule has 1 unspecified atom stereocenters. The van der Waals surface area contributed by atoms with Crippen LogP contribution >= 0.6 is 0 Å². The second-order valence-electron chi connectivity index (χ2n) is 4.66. The first kappa shape index (κ1) is 13.1. The van der Waals surface area contributed by atoms with E-state index in [1.807, 2.05) is 31.2 Å². The Balaban J connectivity index is 2.03. The van der Waals surface area contributed by atoms with Gasteiger partial charge in [0.15, 0.2) is 0 Å². The molecule has 18 heavy (non-hydrogen) atoms. The second kappa shape index (κ2) is 5.08. The van der Waals surface area contributed by atoms with Crippen molar-refractivity contribution in [3.63, 3.8) is 0 Å². The van der Waals surface area contributed by atoms with Crippen molar-refractivity contribution in [2.75, 3.05) is 23.3 Å². The molecule has 1 aliphatic heterocycles. The summed E-state index contributed by atoms with van der Waals surface area (Å²) in [5.74, 6) is 0. The Labute approximate surface area is 105 Å². The highest BCUT2D eigenvalue weighted by Gasteiger charge is 2.28. The number of alkyl halides is 3. The molecule has 0 aromatic heterocycles. The van der Waals surface area contributed by atoms with Gasteiger partial charge in [0.1, 0.15) is 0 Å². The van der Waals surface area contributed by atoms with Crippen LogP contribution in [0.3, 0.4) is 0 Å². The van der Waals surface area contributed by atoms with Gasteiger partial charge in [0.2, 0.25) is 0 Å². The summed E-state index contributed by atoms with van der Waals surface area (Å²) in [6, 6.07) is 7.96. The molecule has 0 radical (unpaired) electrons. The summed E-state index contributed by atoms with van der Waals surface area (Å²) in [5, 5.41) is 3.29. The monoisotopic (exact) mass is 258 g/mol. The Morgan fingerprint density at radius 1 is 1.33 bits per heavy atom. The van der Waals surface area contributed by atoms with Gasteiger partial charge in [0.05, 0.1) is 11.4 Å². The molecule has 2 nitrogen and oxygen atoms in total. The average molecular weight is 258 g/mol. The SMILES string of the molecule is CC1CNc2ccccc2N1CCCC(F)(F)F. The van der Waals surface area contributed by atoms with Gasteiger partial charge in [-0.15, -0.1) is 0 Å². The maximum absolute atomic E-state index is 12.2. The Morgan fingerprint density at radius 2 is 2.06 bits per heavy atom. The van der Waals surface area contributed by atoms with Crippen molar-refractivity contribution < 1.29 is 13.2 Å². The minimum atomic E-state index is -4.06. The molecule has 1 N–H and O–H groups in total. The fourth-order valence-electron chi connectivity index (χ4n) is 2.27. The Morgan fingerprint density at radius 3 is 2.78 bits per heavy atom. The van der Waals surface area contributed by atoms with Gasteiger partial charge in [-0.1, -0.05) is 12.1 Å². The fourth-order valence-corrected chi connectivity index (χ4v) is 2.27. The Hall–Kier alpha value is -1.39. The highest BCUT2D eigenvalue weighted by Crippen LogP contribution is 2.32. The molecular weight excluding hydrogens is 241 g/mol. The van der Waals surface area contributed by atoms with Crippen LogP contribution in [0.2, 0.25) is 0 Å². The van der Waals surface area contributed by atoms with E-state index in [2.05, 4.69) is 10.2 Å². The van der Waals surface area contributed by atoms with Gasteiger partial charge in [-0.25, -0.2) is 0 Å². The first-order valence-corrected chi connectivity index (χ1v) is 6.14. The largest absolute Gasteiger partial charge is 0.389 e. The molecule has 2 rings (SSSR count). The lowest BCUT2D eigenvalue weighted by atomic mass is 10.1. The molecule has 1 atom stereocenters. The number of nitrogens with one attached hydrogen (secondary N) is 1. The molecule has 1 aromatic rings. The Bertz CT molecular complexity index is 403. The maximum Gasteiger partial charge on any atom is 0.389 e. The summed E-state index contributed by atoms with van der Waals surface area (Å²) in [7, 11) is 0. The highest BCUT2D eigenvalue weighted by atomic mass is 19.4. The number of benzene rings is 1. The van der Waals surface area contributed by atoms with Gasteiger partial charge in [0.25, 0.3) is 0 Å². The Kier molecular flexibility index (Phi) is 3.68. The van der Waals surface area contributed by atoms with Gasteiger partial charge < -0.3 is 10.2 Å². The highest BCUT2D eigenvalue weighted by molar-refractivity contribution is 5.72. The predicted octanol–water partition coefficient (Wildman–Crippen LogP) is 3.65. The van der Waals surface area contributed by atoms with Crippen molar-refractivity contribution in [1.29, 1.82) is 0 Å². The minimum Gasteiger partial charge on any atom is -0.381 e. The molecule has 0 saturated heterocycles. The first-order valence-electron chi connectivity index (χ1n) is 6.14. The normalized spacial score (nSPS) is 19.3. The molecule has 5 heteroatoms. The standard InChI is InChI=1S/C13H17F3N2/c1-10-9-17-11-5-2-3-6-12(11)18(10)8-4-7-13(14,15)16/h2-3,5-6,10,17H,4,7-9H2,1H3. The van der Waals surface area contributed by atoms with Crippen molar-refractivity contribution in [1.82, 2.24) is 0 Å². The lowest BCUT2D eigenvalue weighted by Gasteiger charge is -2.37. The van der Waals surface area contributed by atoms with Crippen LogP contribution in [0.4, 0.5) is 24.5 Å². The third-order valence-electron chi connectivity index (χ3n) is 3.19. The number of hydrogen-bond donors (Lipinski definition) is 1. The predicted molar refractivity (Wildman–Crippen MR) is 67.0 cm³/mol. The summed E-state index contributed by atoms with van der Waals surface area (Å²) >= 11 is 0. The van der Waals surface area contributed by atoms with Gasteiger partial charge in [-0.2, -0.15) is 13.2 Å². The molecule has 0 aliphatic carbocycles. The van der Waals surface area contributed by atoms with E-state index in [9.17, 15) is 13.2 Å². The first-order chi connectivity index (χ1) is 8.47. The van der Waals surface area contributed by atoms with Gasteiger partial charge in [-0.05, 0) is 25.5 Å². The molecular formula is C13H17F3N2. The molecule has 1 aromatic carbocycles. The van der Waals surface area contributed by atoms with E-state index < -0.39 is 12.6 Å². The molecule has 0 fully saturated rings. The zero-order valence-corrected chi connectivity index (χ0v) is 10.3. The average Bonchev–Trinajstić information content (AvgIpc) is 2.31. The molecule has 0 bridgehead atoms. The van der Waals surface area contributed by atoms with Crippen LogP contribution in [0, 0.1) is 0 Å². The van der Waals surface area contributed by atoms with Crippen LogP contribution in [0.5, 0.6) is 0 Å². The number of nitrogens with zero attached hydrogens (tertiary/aromatic N) is 1. The summed E-state index contributed by atoms with van der Waals surface area (Å²) in [6.45, 7) is 3.24. The number of para-hydroxylation sites is 2. The van der Waals surface area contributed by atoms with E-state index >= 15 is 0 Å². The van der Waals surface area contributed by atoms with Crippen LogP contribution in [0.1, 0.15) is 19.8 Å². The minimum absolute atomic E-state index is 0.141. The zero-order chi connectivity index (χ0) is 13.2. The molecule has 0 saturated carbocycles. The van der Waals surface area contributed by atoms with Gasteiger partial charge >= 0.3 is 6.18 Å². The number of anilines is 2. The summed E-state index contributed by atoms with van der Waals surface area (Å²) < 4.78 is 36.5. The fraction of sp³-hybridized carbons (Fsp3) is 0.538. The lowest BCUT2D eigenvalue weighted by molar-refractivity contribution is -0.135. The van der Waals surface area contributed by atoms with Gasteiger partial charge in [0, 0.05) is 25.6 Å². The topological polar surface area (TPSA) is 15.3 Å². The smallest absolute Gasteiger partial charge is 0.381 e. The van der Waals surface area contributed by atoms with Crippen molar-refractivity contribution in [3.8, 4) is 0 Å². The van der Waals surface area contributed by atoms with Gasteiger partial charge in [-0.3, -0.25) is 0 Å². The lowest BCUT2D eigenvalue weighted by Crippen LogP contribution is -2.42. The maximum atomic E-state index is 12.2. The van der Waals surface area contributed by atoms with E-state index in [4.69, 9.17) is 0 Å². The van der Waals surface area contributed by atoms with E-state index in [0.29, 0.717) is 6.54 Å². The van der Waals surface area contributed by atoms with Crippen LogP contribution in [0.15, 0.2) is 24.3 Å². The summed E-state index contributed by atoms with van der Waals surface area (Å²) in [6.07, 6.45) is -4.63. The molecule has 0 amide bonds. The molecule has 100 valence electrons. The number of rotatable bonds is 3. The molecule has 1 aliphatic rings. The van der Waals surface area contributed by atoms with Crippen molar-refractivity contribution >= 4 is 11.4 Å². The third-order valence-corrected chi connectivity index (χ3v) is 3.19.